The summed E-state index contributed by atoms with van der Waals surface area (Å²) in [6.07, 6.45) is 6.84. The summed E-state index contributed by atoms with van der Waals surface area (Å²) in [5.74, 6) is 0. The van der Waals surface area contributed by atoms with Crippen LogP contribution in [0.4, 0.5) is 5.69 Å². The highest BCUT2D eigenvalue weighted by atomic mass is 32.2. The van der Waals surface area contributed by atoms with Gasteiger partial charge in [-0.25, -0.2) is 0 Å². The third kappa shape index (κ3) is 6.18. The van der Waals surface area contributed by atoms with Crippen molar-refractivity contribution in [2.45, 2.75) is 39.1 Å². The molecule has 2 heterocycles. The lowest BCUT2D eigenvalue weighted by molar-refractivity contribution is -0.668. The van der Waals surface area contributed by atoms with Gasteiger partial charge >= 0.3 is 0 Å². The van der Waals surface area contributed by atoms with E-state index < -0.39 is 0 Å². The standard InChI is InChI=1S/C29H39N4S2/c1-5-30(6-2)20-22-32-24-14-9-11-16-26(24)34-28(32)18-13-19-29-33(23-21-31(7-3)8-4)25-15-10-12-17-27(25)35-29/h9-19H,5-8,20-23H2,1-4H3/q+1. The number of benzene rings is 2. The highest BCUT2D eigenvalue weighted by Gasteiger charge is 2.24. The summed E-state index contributed by atoms with van der Waals surface area (Å²) in [6.45, 7) is 17.5. The molecule has 186 valence electrons. The van der Waals surface area contributed by atoms with Gasteiger partial charge in [-0.3, -0.25) is 4.90 Å². The Hall–Kier alpha value is -2.12. The van der Waals surface area contributed by atoms with E-state index in [1.807, 2.05) is 23.1 Å². The minimum Gasteiger partial charge on any atom is -0.334 e. The minimum atomic E-state index is 1.01. The first-order valence-corrected chi connectivity index (χ1v) is 14.6. The van der Waals surface area contributed by atoms with Crippen LogP contribution < -0.4 is 9.47 Å². The molecule has 1 aromatic heterocycles. The van der Waals surface area contributed by atoms with E-state index >= 15 is 0 Å². The van der Waals surface area contributed by atoms with Crippen molar-refractivity contribution >= 4 is 45.1 Å². The smallest absolute Gasteiger partial charge is 0.262 e. The molecule has 0 aliphatic carbocycles. The largest absolute Gasteiger partial charge is 0.334 e. The number of hydrogen-bond donors (Lipinski definition) is 0. The lowest BCUT2D eigenvalue weighted by atomic mass is 10.3. The van der Waals surface area contributed by atoms with Gasteiger partial charge in [0, 0.05) is 30.1 Å². The first kappa shape index (κ1) is 26.0. The van der Waals surface area contributed by atoms with E-state index in [9.17, 15) is 0 Å². The van der Waals surface area contributed by atoms with Crippen LogP contribution in [-0.2, 0) is 6.54 Å². The molecule has 0 unspecified atom stereocenters. The molecule has 0 spiro atoms. The van der Waals surface area contributed by atoms with Crippen LogP contribution in [0.15, 0.2) is 70.6 Å². The second-order valence-corrected chi connectivity index (χ2v) is 10.8. The molecule has 0 saturated carbocycles. The van der Waals surface area contributed by atoms with Gasteiger partial charge in [0.15, 0.2) is 6.54 Å². The van der Waals surface area contributed by atoms with Gasteiger partial charge in [-0.2, -0.15) is 4.57 Å². The molecule has 0 radical (unpaired) electrons. The summed E-state index contributed by atoms with van der Waals surface area (Å²) >= 11 is 3.77. The highest BCUT2D eigenvalue weighted by molar-refractivity contribution is 8.03. The van der Waals surface area contributed by atoms with Crippen LogP contribution in [0.1, 0.15) is 32.7 Å². The number of fused-ring (bicyclic) bond motifs is 2. The first-order valence-electron chi connectivity index (χ1n) is 13.0. The van der Waals surface area contributed by atoms with Crippen molar-refractivity contribution in [3.63, 3.8) is 0 Å². The fourth-order valence-corrected chi connectivity index (χ4v) is 6.79. The van der Waals surface area contributed by atoms with Crippen LogP contribution >= 0.6 is 23.1 Å². The minimum absolute atomic E-state index is 1.01. The summed E-state index contributed by atoms with van der Waals surface area (Å²) in [5.41, 5.74) is 2.67. The van der Waals surface area contributed by atoms with Crippen molar-refractivity contribution in [1.29, 1.82) is 0 Å². The number of rotatable bonds is 12. The second kappa shape index (κ2) is 12.7. The lowest BCUT2D eigenvalue weighted by Gasteiger charge is -2.25. The Labute approximate surface area is 219 Å². The quantitative estimate of drug-likeness (QED) is 0.265. The van der Waals surface area contributed by atoms with Gasteiger partial charge < -0.3 is 9.80 Å². The maximum absolute atomic E-state index is 2.50. The SMILES string of the molecule is CCN(CC)CCN1/C(=C/C=C/c2sc3ccccc3[n+]2CCN(CC)CC)Sc2ccccc21. The van der Waals surface area contributed by atoms with Crippen LogP contribution in [0.25, 0.3) is 16.3 Å². The van der Waals surface area contributed by atoms with E-state index in [1.165, 1.54) is 30.8 Å². The van der Waals surface area contributed by atoms with Crippen molar-refractivity contribution in [3.8, 4) is 0 Å². The Morgan fingerprint density at radius 3 is 2.31 bits per heavy atom. The van der Waals surface area contributed by atoms with Gasteiger partial charge in [-0.15, -0.1) is 0 Å². The molecule has 1 aliphatic rings. The van der Waals surface area contributed by atoms with E-state index in [4.69, 9.17) is 0 Å². The Balaban J connectivity index is 1.58. The van der Waals surface area contributed by atoms with Gasteiger partial charge in [0.2, 0.25) is 5.52 Å². The molecule has 0 saturated heterocycles. The van der Waals surface area contributed by atoms with Gasteiger partial charge in [0.1, 0.15) is 4.70 Å². The maximum Gasteiger partial charge on any atom is 0.262 e. The van der Waals surface area contributed by atoms with Crippen LogP contribution in [0.2, 0.25) is 0 Å². The average molecular weight is 508 g/mol. The molecule has 0 atom stereocenters. The average Bonchev–Trinajstić information content (AvgIpc) is 3.43. The number of hydrogen-bond acceptors (Lipinski definition) is 5. The van der Waals surface area contributed by atoms with Crippen molar-refractivity contribution < 1.29 is 4.57 Å². The fourth-order valence-electron chi connectivity index (χ4n) is 4.59. The molecule has 2 aromatic carbocycles. The number of para-hydroxylation sites is 2. The highest BCUT2D eigenvalue weighted by Crippen LogP contribution is 2.45. The predicted molar refractivity (Wildman–Crippen MR) is 154 cm³/mol. The van der Waals surface area contributed by atoms with Crippen LogP contribution in [0.5, 0.6) is 0 Å². The molecule has 3 aromatic rings. The third-order valence-corrected chi connectivity index (χ3v) is 9.08. The van der Waals surface area contributed by atoms with E-state index in [-0.39, 0.29) is 0 Å². The van der Waals surface area contributed by atoms with E-state index in [2.05, 4.69) is 114 Å². The summed E-state index contributed by atoms with van der Waals surface area (Å²) < 4.78 is 3.84. The molecular formula is C29H39N4S2+. The monoisotopic (exact) mass is 507 g/mol. The molecular weight excluding hydrogens is 468 g/mol. The van der Waals surface area contributed by atoms with Crippen LogP contribution in [0, 0.1) is 0 Å². The summed E-state index contributed by atoms with van der Waals surface area (Å²) in [6, 6.07) is 17.6. The zero-order valence-corrected chi connectivity index (χ0v) is 23.2. The lowest BCUT2D eigenvalue weighted by Crippen LogP contribution is -2.41. The number of allylic oxidation sites excluding steroid dienone is 2. The fraction of sp³-hybridized carbons (Fsp3) is 0.414. The summed E-state index contributed by atoms with van der Waals surface area (Å²) in [7, 11) is 0. The number of anilines is 1. The number of aromatic nitrogens is 1. The van der Waals surface area contributed by atoms with Crippen LogP contribution in [0.3, 0.4) is 0 Å². The van der Waals surface area contributed by atoms with Crippen molar-refractivity contribution in [1.82, 2.24) is 9.80 Å². The van der Waals surface area contributed by atoms with Crippen molar-refractivity contribution in [3.05, 3.63) is 70.7 Å². The first-order chi connectivity index (χ1) is 17.2. The van der Waals surface area contributed by atoms with E-state index in [0.29, 0.717) is 0 Å². The number of thioether (sulfide) groups is 1. The van der Waals surface area contributed by atoms with E-state index in [0.717, 1.165) is 52.4 Å². The van der Waals surface area contributed by atoms with Crippen LogP contribution in [-0.4, -0.2) is 55.6 Å². The Morgan fingerprint density at radius 1 is 0.857 bits per heavy atom. The number of nitrogens with zero attached hydrogens (tertiary/aromatic N) is 4. The molecule has 4 rings (SSSR count). The molecule has 6 heteroatoms. The molecule has 4 nitrogen and oxygen atoms in total. The third-order valence-electron chi connectivity index (χ3n) is 6.82. The summed E-state index contributed by atoms with van der Waals surface area (Å²) in [4.78, 5) is 8.83. The molecule has 0 fully saturated rings. The van der Waals surface area contributed by atoms with E-state index in [1.54, 1.807) is 0 Å². The molecule has 1 aliphatic heterocycles. The normalized spacial score (nSPS) is 14.9. The Morgan fingerprint density at radius 2 is 1.54 bits per heavy atom. The Bertz CT molecular complexity index is 1160. The molecule has 0 N–H and O–H groups in total. The Kier molecular flexibility index (Phi) is 9.44. The predicted octanol–water partition coefficient (Wildman–Crippen LogP) is 6.34. The molecule has 0 bridgehead atoms. The van der Waals surface area contributed by atoms with Gasteiger partial charge in [-0.05, 0) is 50.5 Å². The number of thiazole rings is 1. The second-order valence-electron chi connectivity index (χ2n) is 8.70. The summed E-state index contributed by atoms with van der Waals surface area (Å²) in [5, 5.41) is 2.62. The zero-order chi connectivity index (χ0) is 24.6. The topological polar surface area (TPSA) is 13.6 Å². The van der Waals surface area contributed by atoms with Gasteiger partial charge in [-0.1, -0.05) is 81.1 Å². The number of likely N-dealkylation sites (N-methyl/N-ethyl adjacent to an activating group) is 2. The molecule has 0 amide bonds. The van der Waals surface area contributed by atoms with Gasteiger partial charge in [0.05, 0.1) is 17.3 Å². The maximum atomic E-state index is 2.50. The van der Waals surface area contributed by atoms with Crippen molar-refractivity contribution in [2.75, 3.05) is 50.7 Å². The zero-order valence-electron chi connectivity index (χ0n) is 21.6. The molecule has 35 heavy (non-hydrogen) atoms. The van der Waals surface area contributed by atoms with Gasteiger partial charge in [0.25, 0.3) is 5.01 Å². The van der Waals surface area contributed by atoms with Crippen molar-refractivity contribution in [2.24, 2.45) is 0 Å².